The lowest BCUT2D eigenvalue weighted by molar-refractivity contribution is -0.150. The van der Waals surface area contributed by atoms with Gasteiger partial charge in [-0.05, 0) is 52.7 Å². The van der Waals surface area contributed by atoms with Crippen LogP contribution in [0.2, 0.25) is 5.02 Å². The van der Waals surface area contributed by atoms with Crippen molar-refractivity contribution in [3.63, 3.8) is 0 Å². The summed E-state index contributed by atoms with van der Waals surface area (Å²) in [7, 11) is 0. The first-order valence-corrected chi connectivity index (χ1v) is 12.4. The van der Waals surface area contributed by atoms with E-state index in [1.54, 1.807) is 0 Å². The zero-order valence-corrected chi connectivity index (χ0v) is 20.5. The van der Waals surface area contributed by atoms with Gasteiger partial charge in [-0.25, -0.2) is 4.79 Å². The monoisotopic (exact) mass is 489 g/mol. The lowest BCUT2D eigenvalue weighted by Crippen LogP contribution is -2.22. The molecule has 4 heteroatoms. The molecular weight excluding hydrogens is 466 g/mol. The minimum Gasteiger partial charge on any atom is -0.451 e. The molecule has 3 nitrogen and oxygen atoms in total. The molecule has 0 fully saturated rings. The molecule has 0 aliphatic rings. The van der Waals surface area contributed by atoms with Gasteiger partial charge in [-0.2, -0.15) is 0 Å². The molecule has 1 atom stereocenters. The summed E-state index contributed by atoms with van der Waals surface area (Å²) < 4.78 is 8.35. The Hall–Kier alpha value is -4.08. The zero-order valence-electron chi connectivity index (χ0n) is 19.8. The van der Waals surface area contributed by atoms with Crippen LogP contribution in [0.3, 0.4) is 0 Å². The van der Waals surface area contributed by atoms with Crippen molar-refractivity contribution in [1.29, 1.82) is 0 Å². The quantitative estimate of drug-likeness (QED) is 0.227. The summed E-state index contributed by atoms with van der Waals surface area (Å²) in [5.41, 5.74) is 2.87. The molecule has 1 aromatic heterocycles. The maximum absolute atomic E-state index is 13.7. The Morgan fingerprint density at radius 1 is 0.722 bits per heavy atom. The highest BCUT2D eigenvalue weighted by Gasteiger charge is 2.27. The number of nitrogens with zero attached hydrogens (tertiary/aromatic N) is 1. The molecule has 1 heterocycles. The smallest absolute Gasteiger partial charge is 0.329 e. The number of esters is 1. The van der Waals surface area contributed by atoms with Crippen molar-refractivity contribution in [3.05, 3.63) is 132 Å². The molecule has 0 unspecified atom stereocenters. The lowest BCUT2D eigenvalue weighted by Gasteiger charge is -2.24. The first kappa shape index (κ1) is 22.4. The number of hydrogen-bond donors (Lipinski definition) is 0. The van der Waals surface area contributed by atoms with E-state index >= 15 is 0 Å². The van der Waals surface area contributed by atoms with Gasteiger partial charge in [-0.3, -0.25) is 0 Å². The summed E-state index contributed by atoms with van der Waals surface area (Å²) in [5, 5.41) is 6.01. The maximum Gasteiger partial charge on any atom is 0.329 e. The fraction of sp³-hybridized carbons (Fsp3) is 0.0938. The van der Waals surface area contributed by atoms with Gasteiger partial charge in [0.2, 0.25) is 0 Å². The number of rotatable bonds is 5. The summed E-state index contributed by atoms with van der Waals surface area (Å²) >= 11 is 6.17. The standard InChI is InChI=1S/C32H24ClNO2/c1-21(34-19-18-24-20-25(33)16-17-30(24)34)32(35)36-31(28-14-6-10-22-8-2-4-12-26(22)28)29-15-7-11-23-9-3-5-13-27(23)29/h2-21,31H,1H3/t21-/m0/s1. The van der Waals surface area contributed by atoms with Crippen LogP contribution in [0.1, 0.15) is 30.2 Å². The van der Waals surface area contributed by atoms with Gasteiger partial charge in [0, 0.05) is 33.2 Å². The molecule has 0 saturated heterocycles. The van der Waals surface area contributed by atoms with E-state index < -0.39 is 12.1 Å². The second-order valence-corrected chi connectivity index (χ2v) is 9.49. The Morgan fingerprint density at radius 2 is 1.31 bits per heavy atom. The van der Waals surface area contributed by atoms with Crippen molar-refractivity contribution in [2.75, 3.05) is 0 Å². The number of hydrogen-bond acceptors (Lipinski definition) is 2. The van der Waals surface area contributed by atoms with Crippen LogP contribution in [0, 0.1) is 0 Å². The summed E-state index contributed by atoms with van der Waals surface area (Å²) in [4.78, 5) is 13.7. The highest BCUT2D eigenvalue weighted by molar-refractivity contribution is 6.31. The fourth-order valence-electron chi connectivity index (χ4n) is 5.05. The molecule has 36 heavy (non-hydrogen) atoms. The molecular formula is C32H24ClNO2. The molecule has 0 saturated carbocycles. The summed E-state index contributed by atoms with van der Waals surface area (Å²) in [6.45, 7) is 1.87. The van der Waals surface area contributed by atoms with Crippen molar-refractivity contribution in [2.45, 2.75) is 19.1 Å². The molecule has 0 amide bonds. The van der Waals surface area contributed by atoms with E-state index in [-0.39, 0.29) is 5.97 Å². The number of aromatic nitrogens is 1. The van der Waals surface area contributed by atoms with Crippen molar-refractivity contribution in [2.24, 2.45) is 0 Å². The number of ether oxygens (including phenoxy) is 1. The number of halogens is 1. The Labute approximate surface area is 214 Å². The highest BCUT2D eigenvalue weighted by atomic mass is 35.5. The van der Waals surface area contributed by atoms with Gasteiger partial charge >= 0.3 is 5.97 Å². The van der Waals surface area contributed by atoms with Gasteiger partial charge in [-0.15, -0.1) is 0 Å². The van der Waals surface area contributed by atoms with Crippen molar-refractivity contribution in [3.8, 4) is 0 Å². The van der Waals surface area contributed by atoms with Crippen molar-refractivity contribution >= 4 is 50.0 Å². The maximum atomic E-state index is 13.7. The van der Waals surface area contributed by atoms with Gasteiger partial charge in [0.1, 0.15) is 6.04 Å². The molecule has 0 aliphatic heterocycles. The Kier molecular flexibility index (Phi) is 5.71. The van der Waals surface area contributed by atoms with Crippen LogP contribution < -0.4 is 0 Å². The summed E-state index contributed by atoms with van der Waals surface area (Å²) in [5.74, 6) is -0.298. The second kappa shape index (κ2) is 9.18. The number of benzene rings is 5. The van der Waals surface area contributed by atoms with E-state index in [4.69, 9.17) is 16.3 Å². The Bertz CT molecular complexity index is 1650. The number of carbonyl (C=O) groups excluding carboxylic acids is 1. The van der Waals surface area contributed by atoms with Gasteiger partial charge in [0.15, 0.2) is 6.10 Å². The normalized spacial score (nSPS) is 12.4. The van der Waals surface area contributed by atoms with E-state index in [2.05, 4.69) is 48.5 Å². The molecule has 0 bridgehead atoms. The van der Waals surface area contributed by atoms with Crippen LogP contribution >= 0.6 is 11.6 Å². The van der Waals surface area contributed by atoms with Crippen LogP contribution in [0.4, 0.5) is 0 Å². The molecule has 5 aromatic carbocycles. The van der Waals surface area contributed by atoms with Gasteiger partial charge < -0.3 is 9.30 Å². The van der Waals surface area contributed by atoms with E-state index in [1.165, 1.54) is 0 Å². The largest absolute Gasteiger partial charge is 0.451 e. The first-order valence-electron chi connectivity index (χ1n) is 12.0. The van der Waals surface area contributed by atoms with Gasteiger partial charge in [0.05, 0.1) is 0 Å². The second-order valence-electron chi connectivity index (χ2n) is 9.06. The lowest BCUT2D eigenvalue weighted by atomic mass is 9.92. The zero-order chi connectivity index (χ0) is 24.6. The minimum atomic E-state index is -0.562. The molecule has 0 aliphatic carbocycles. The number of carbonyl (C=O) groups is 1. The molecule has 0 radical (unpaired) electrons. The highest BCUT2D eigenvalue weighted by Crippen LogP contribution is 2.37. The topological polar surface area (TPSA) is 31.2 Å². The van der Waals surface area contributed by atoms with Gasteiger partial charge in [-0.1, -0.05) is 96.5 Å². The van der Waals surface area contributed by atoms with E-state index in [9.17, 15) is 4.79 Å². The van der Waals surface area contributed by atoms with E-state index in [0.717, 1.165) is 43.6 Å². The summed E-state index contributed by atoms with van der Waals surface area (Å²) in [6.07, 6.45) is 1.35. The van der Waals surface area contributed by atoms with Crippen molar-refractivity contribution in [1.82, 2.24) is 4.57 Å². The predicted octanol–water partition coefficient (Wildman–Crippen LogP) is 8.49. The molecule has 0 spiro atoms. The Balaban J connectivity index is 1.46. The van der Waals surface area contributed by atoms with Crippen LogP contribution in [-0.4, -0.2) is 10.5 Å². The van der Waals surface area contributed by atoms with Crippen LogP contribution in [0.25, 0.3) is 32.4 Å². The summed E-state index contributed by atoms with van der Waals surface area (Å²) in [6, 6.07) is 35.9. The molecule has 176 valence electrons. The van der Waals surface area contributed by atoms with Crippen LogP contribution in [0.15, 0.2) is 115 Å². The first-order chi connectivity index (χ1) is 17.6. The van der Waals surface area contributed by atoms with Gasteiger partial charge in [0.25, 0.3) is 0 Å². The third kappa shape index (κ3) is 3.92. The SMILES string of the molecule is C[C@@H](C(=O)OC(c1cccc2ccccc12)c1cccc2ccccc12)n1ccc2cc(Cl)ccc21. The fourth-order valence-corrected chi connectivity index (χ4v) is 5.23. The van der Waals surface area contributed by atoms with Crippen LogP contribution in [0.5, 0.6) is 0 Å². The molecule has 0 N–H and O–H groups in total. The number of fused-ring (bicyclic) bond motifs is 3. The molecule has 6 aromatic rings. The molecule has 6 rings (SSSR count). The average Bonchev–Trinajstić information content (AvgIpc) is 3.33. The third-order valence-electron chi connectivity index (χ3n) is 6.89. The van der Waals surface area contributed by atoms with Crippen molar-refractivity contribution < 1.29 is 9.53 Å². The minimum absolute atomic E-state index is 0.298. The third-order valence-corrected chi connectivity index (χ3v) is 7.12. The average molecular weight is 490 g/mol. The van der Waals surface area contributed by atoms with E-state index in [0.29, 0.717) is 5.02 Å². The van der Waals surface area contributed by atoms with E-state index in [1.807, 2.05) is 78.4 Å². The predicted molar refractivity (Wildman–Crippen MR) is 147 cm³/mol. The van der Waals surface area contributed by atoms with Crippen LogP contribution in [-0.2, 0) is 9.53 Å². The Morgan fingerprint density at radius 3 is 1.94 bits per heavy atom.